The Morgan fingerprint density at radius 2 is 2.21 bits per heavy atom. The van der Waals surface area contributed by atoms with E-state index in [1.807, 2.05) is 22.6 Å². The van der Waals surface area contributed by atoms with E-state index in [1.165, 1.54) is 25.0 Å². The van der Waals surface area contributed by atoms with Crippen LogP contribution < -0.4 is 5.32 Å². The van der Waals surface area contributed by atoms with Crippen molar-refractivity contribution in [2.24, 2.45) is 11.8 Å². The second-order valence-corrected chi connectivity index (χ2v) is 6.47. The third-order valence-electron chi connectivity index (χ3n) is 4.24. The summed E-state index contributed by atoms with van der Waals surface area (Å²) in [6.45, 7) is 4.41. The molecule has 2 nitrogen and oxygen atoms in total. The smallest absolute Gasteiger partial charge is 0.252 e. The van der Waals surface area contributed by atoms with E-state index in [2.05, 4.69) is 19.2 Å². The zero-order valence-electron chi connectivity index (χ0n) is 11.2. The fraction of sp³-hybridized carbons (Fsp3) is 0.533. The average Bonchev–Trinajstić information content (AvgIpc) is 2.70. The van der Waals surface area contributed by atoms with Crippen molar-refractivity contribution in [3.63, 3.8) is 0 Å². The second kappa shape index (κ2) is 6.20. The maximum Gasteiger partial charge on any atom is 0.252 e. The Kier molecular flexibility index (Phi) is 4.81. The van der Waals surface area contributed by atoms with Gasteiger partial charge in [0.25, 0.3) is 5.91 Å². The predicted molar refractivity (Wildman–Crippen MR) is 82.6 cm³/mol. The number of carbonyl (C=O) groups is 1. The SMILES string of the molecule is CCC1CCC(NC(=O)c2ccc(F)cc2I)C1C. The van der Waals surface area contributed by atoms with Crippen molar-refractivity contribution >= 4 is 28.5 Å². The van der Waals surface area contributed by atoms with Gasteiger partial charge in [0, 0.05) is 9.61 Å². The molecule has 1 N–H and O–H groups in total. The number of nitrogens with one attached hydrogen (secondary N) is 1. The van der Waals surface area contributed by atoms with Crippen molar-refractivity contribution < 1.29 is 9.18 Å². The predicted octanol–water partition coefficient (Wildman–Crippen LogP) is 3.98. The first-order valence-electron chi connectivity index (χ1n) is 6.78. The minimum Gasteiger partial charge on any atom is -0.349 e. The lowest BCUT2D eigenvalue weighted by Crippen LogP contribution is -2.37. The van der Waals surface area contributed by atoms with Crippen molar-refractivity contribution in [3.8, 4) is 0 Å². The highest BCUT2D eigenvalue weighted by atomic mass is 127. The summed E-state index contributed by atoms with van der Waals surface area (Å²) >= 11 is 2.00. The lowest BCUT2D eigenvalue weighted by Gasteiger charge is -2.21. The number of hydrogen-bond acceptors (Lipinski definition) is 1. The van der Waals surface area contributed by atoms with Crippen LogP contribution in [0.5, 0.6) is 0 Å². The first-order valence-corrected chi connectivity index (χ1v) is 7.86. The number of rotatable bonds is 3. The topological polar surface area (TPSA) is 29.1 Å². The van der Waals surface area contributed by atoms with Crippen molar-refractivity contribution in [2.45, 2.75) is 39.2 Å². The first kappa shape index (κ1) is 14.8. The highest BCUT2D eigenvalue weighted by Crippen LogP contribution is 2.34. The van der Waals surface area contributed by atoms with Gasteiger partial charge >= 0.3 is 0 Å². The minimum atomic E-state index is -0.304. The van der Waals surface area contributed by atoms with Crippen LogP contribution in [0.4, 0.5) is 4.39 Å². The number of hydrogen-bond donors (Lipinski definition) is 1. The molecule has 3 atom stereocenters. The van der Waals surface area contributed by atoms with Crippen molar-refractivity contribution in [3.05, 3.63) is 33.1 Å². The van der Waals surface area contributed by atoms with Crippen LogP contribution in [0.2, 0.25) is 0 Å². The Bertz CT molecular complexity index is 477. The fourth-order valence-corrected chi connectivity index (χ4v) is 3.67. The summed E-state index contributed by atoms with van der Waals surface area (Å²) < 4.78 is 13.7. The van der Waals surface area contributed by atoms with Gasteiger partial charge in [-0.05, 0) is 65.5 Å². The van der Waals surface area contributed by atoms with Gasteiger partial charge in [-0.15, -0.1) is 0 Å². The molecule has 0 heterocycles. The molecule has 0 spiro atoms. The molecule has 1 aromatic rings. The molecule has 0 radical (unpaired) electrons. The summed E-state index contributed by atoms with van der Waals surface area (Å²) in [5, 5.41) is 3.10. The van der Waals surface area contributed by atoms with Gasteiger partial charge in [-0.2, -0.15) is 0 Å². The normalized spacial score (nSPS) is 26.4. The summed E-state index contributed by atoms with van der Waals surface area (Å²) in [4.78, 5) is 12.2. The zero-order valence-corrected chi connectivity index (χ0v) is 13.4. The van der Waals surface area contributed by atoms with Crippen LogP contribution in [0.3, 0.4) is 0 Å². The standard InChI is InChI=1S/C15H19FINO/c1-3-10-4-7-14(9(10)2)18-15(19)12-6-5-11(16)8-13(12)17/h5-6,8-10,14H,3-4,7H2,1-2H3,(H,18,19). The molecule has 1 saturated carbocycles. The molecule has 0 bridgehead atoms. The Balaban J connectivity index is 2.05. The van der Waals surface area contributed by atoms with E-state index < -0.39 is 0 Å². The third-order valence-corrected chi connectivity index (χ3v) is 5.14. The molecule has 3 unspecified atom stereocenters. The molecule has 2 rings (SSSR count). The number of halogens is 2. The van der Waals surface area contributed by atoms with Crippen molar-refractivity contribution in [1.82, 2.24) is 5.32 Å². The second-order valence-electron chi connectivity index (χ2n) is 5.31. The van der Waals surface area contributed by atoms with E-state index in [1.54, 1.807) is 6.07 Å². The van der Waals surface area contributed by atoms with Gasteiger partial charge < -0.3 is 5.32 Å². The molecule has 4 heteroatoms. The third kappa shape index (κ3) is 3.27. The van der Waals surface area contributed by atoms with E-state index in [0.717, 1.165) is 6.42 Å². The molecule has 0 aliphatic heterocycles. The van der Waals surface area contributed by atoms with Gasteiger partial charge in [0.1, 0.15) is 5.82 Å². The van der Waals surface area contributed by atoms with Gasteiger partial charge in [-0.1, -0.05) is 20.3 Å². The Hall–Kier alpha value is -0.650. The molecular formula is C15H19FINO. The summed E-state index contributed by atoms with van der Waals surface area (Å²) in [5.74, 6) is 0.837. The quantitative estimate of drug-likeness (QED) is 0.796. The van der Waals surface area contributed by atoms with E-state index in [0.29, 0.717) is 21.0 Å². The van der Waals surface area contributed by atoms with Crippen LogP contribution in [0.1, 0.15) is 43.5 Å². The van der Waals surface area contributed by atoms with E-state index in [9.17, 15) is 9.18 Å². The molecule has 1 aliphatic carbocycles. The highest BCUT2D eigenvalue weighted by molar-refractivity contribution is 14.1. The Labute approximate surface area is 127 Å². The van der Waals surface area contributed by atoms with Crippen LogP contribution in [0.25, 0.3) is 0 Å². The van der Waals surface area contributed by atoms with Crippen LogP contribution in [-0.4, -0.2) is 11.9 Å². The molecule has 1 fully saturated rings. The fourth-order valence-electron chi connectivity index (χ4n) is 2.95. The lowest BCUT2D eigenvalue weighted by molar-refractivity contribution is 0.0925. The lowest BCUT2D eigenvalue weighted by atomic mass is 9.93. The number of benzene rings is 1. The van der Waals surface area contributed by atoms with E-state index in [-0.39, 0.29) is 17.8 Å². The van der Waals surface area contributed by atoms with Gasteiger partial charge in [-0.3, -0.25) is 4.79 Å². The molecule has 19 heavy (non-hydrogen) atoms. The minimum absolute atomic E-state index is 0.0852. The molecular weight excluding hydrogens is 356 g/mol. The van der Waals surface area contributed by atoms with E-state index in [4.69, 9.17) is 0 Å². The van der Waals surface area contributed by atoms with Crippen LogP contribution >= 0.6 is 22.6 Å². The summed E-state index contributed by atoms with van der Waals surface area (Å²) in [7, 11) is 0. The van der Waals surface area contributed by atoms with Gasteiger partial charge in [0.15, 0.2) is 0 Å². The first-order chi connectivity index (χ1) is 9.02. The van der Waals surface area contributed by atoms with Crippen LogP contribution in [0.15, 0.2) is 18.2 Å². The molecule has 104 valence electrons. The Morgan fingerprint density at radius 3 is 2.79 bits per heavy atom. The highest BCUT2D eigenvalue weighted by Gasteiger charge is 2.32. The van der Waals surface area contributed by atoms with Gasteiger partial charge in [0.2, 0.25) is 0 Å². The average molecular weight is 375 g/mol. The molecule has 0 aromatic heterocycles. The summed E-state index contributed by atoms with van der Waals surface area (Å²) in [6.07, 6.45) is 3.40. The van der Waals surface area contributed by atoms with Crippen molar-refractivity contribution in [2.75, 3.05) is 0 Å². The Morgan fingerprint density at radius 1 is 1.47 bits per heavy atom. The maximum atomic E-state index is 13.0. The summed E-state index contributed by atoms with van der Waals surface area (Å²) in [6, 6.07) is 4.54. The van der Waals surface area contributed by atoms with E-state index >= 15 is 0 Å². The maximum absolute atomic E-state index is 13.0. The molecule has 1 aromatic carbocycles. The van der Waals surface area contributed by atoms with Gasteiger partial charge in [0.05, 0.1) is 5.56 Å². The monoisotopic (exact) mass is 375 g/mol. The van der Waals surface area contributed by atoms with Crippen LogP contribution in [-0.2, 0) is 0 Å². The molecule has 1 aliphatic rings. The zero-order chi connectivity index (χ0) is 14.0. The van der Waals surface area contributed by atoms with Gasteiger partial charge in [-0.25, -0.2) is 4.39 Å². The largest absolute Gasteiger partial charge is 0.349 e. The molecule has 0 saturated heterocycles. The van der Waals surface area contributed by atoms with Crippen molar-refractivity contribution in [1.29, 1.82) is 0 Å². The van der Waals surface area contributed by atoms with Crippen LogP contribution in [0, 0.1) is 21.2 Å². The molecule has 1 amide bonds. The number of carbonyl (C=O) groups excluding carboxylic acids is 1. The number of amides is 1. The summed E-state index contributed by atoms with van der Waals surface area (Å²) in [5.41, 5.74) is 0.564.